The maximum absolute atomic E-state index is 5.90. The van der Waals surface area contributed by atoms with Gasteiger partial charge in [0.15, 0.2) is 0 Å². The number of hydrogen-bond acceptors (Lipinski definition) is 3. The van der Waals surface area contributed by atoms with Crippen molar-refractivity contribution in [3.05, 3.63) is 29.3 Å². The molecule has 1 fully saturated rings. The number of benzene rings is 1. The van der Waals surface area contributed by atoms with Crippen LogP contribution in [0.4, 0.5) is 0 Å². The summed E-state index contributed by atoms with van der Waals surface area (Å²) in [6.45, 7) is 11.7. The van der Waals surface area contributed by atoms with Crippen molar-refractivity contribution >= 4 is 0 Å². The first kappa shape index (κ1) is 14.4. The van der Waals surface area contributed by atoms with Gasteiger partial charge in [-0.2, -0.15) is 0 Å². The standard InChI is InChI=1S/C16H26N2O/c1-4-5-18(15-11-17-12-15)6-7-19-16-9-13(2)8-14(3)10-16/h8-10,15,17H,4-7,11-12H2,1-3H3. The Morgan fingerprint density at radius 3 is 2.37 bits per heavy atom. The fourth-order valence-electron chi connectivity index (χ4n) is 2.59. The van der Waals surface area contributed by atoms with Crippen LogP contribution in [-0.2, 0) is 0 Å². The van der Waals surface area contributed by atoms with Crippen molar-refractivity contribution in [1.29, 1.82) is 0 Å². The van der Waals surface area contributed by atoms with Gasteiger partial charge in [-0.3, -0.25) is 4.90 Å². The third-order valence-corrected chi connectivity index (χ3v) is 3.63. The average molecular weight is 262 g/mol. The molecule has 1 aromatic rings. The third-order valence-electron chi connectivity index (χ3n) is 3.63. The Kier molecular flexibility index (Phi) is 5.23. The van der Waals surface area contributed by atoms with Gasteiger partial charge in [0.05, 0.1) is 0 Å². The topological polar surface area (TPSA) is 24.5 Å². The Balaban J connectivity index is 1.80. The molecule has 3 heteroatoms. The maximum Gasteiger partial charge on any atom is 0.119 e. The van der Waals surface area contributed by atoms with Crippen molar-refractivity contribution < 1.29 is 4.74 Å². The van der Waals surface area contributed by atoms with Gasteiger partial charge in [0, 0.05) is 25.7 Å². The van der Waals surface area contributed by atoms with Gasteiger partial charge in [0.2, 0.25) is 0 Å². The highest BCUT2D eigenvalue weighted by Crippen LogP contribution is 2.16. The highest BCUT2D eigenvalue weighted by molar-refractivity contribution is 5.32. The van der Waals surface area contributed by atoms with Crippen LogP contribution in [0.3, 0.4) is 0 Å². The first-order valence-electron chi connectivity index (χ1n) is 7.35. The lowest BCUT2D eigenvalue weighted by Gasteiger charge is -2.38. The van der Waals surface area contributed by atoms with Gasteiger partial charge < -0.3 is 10.1 Å². The monoisotopic (exact) mass is 262 g/mol. The van der Waals surface area contributed by atoms with Gasteiger partial charge in [-0.15, -0.1) is 0 Å². The molecular weight excluding hydrogens is 236 g/mol. The first-order valence-corrected chi connectivity index (χ1v) is 7.35. The minimum absolute atomic E-state index is 0.711. The fraction of sp³-hybridized carbons (Fsp3) is 0.625. The lowest BCUT2D eigenvalue weighted by atomic mass is 10.1. The van der Waals surface area contributed by atoms with Gasteiger partial charge in [-0.25, -0.2) is 0 Å². The molecule has 1 heterocycles. The van der Waals surface area contributed by atoms with Gasteiger partial charge >= 0.3 is 0 Å². The van der Waals surface area contributed by atoms with E-state index < -0.39 is 0 Å². The van der Waals surface area contributed by atoms with E-state index in [-0.39, 0.29) is 0 Å². The van der Waals surface area contributed by atoms with Crippen molar-refractivity contribution in [2.45, 2.75) is 33.2 Å². The van der Waals surface area contributed by atoms with Crippen LogP contribution in [0, 0.1) is 13.8 Å². The maximum atomic E-state index is 5.90. The Hall–Kier alpha value is -1.06. The number of nitrogens with one attached hydrogen (secondary N) is 1. The van der Waals surface area contributed by atoms with E-state index in [0.29, 0.717) is 6.04 Å². The molecule has 0 saturated carbocycles. The van der Waals surface area contributed by atoms with Crippen molar-refractivity contribution in [2.75, 3.05) is 32.8 Å². The summed E-state index contributed by atoms with van der Waals surface area (Å²) >= 11 is 0. The summed E-state index contributed by atoms with van der Waals surface area (Å²) in [5, 5.41) is 3.34. The molecule has 1 saturated heterocycles. The lowest BCUT2D eigenvalue weighted by Crippen LogP contribution is -2.58. The summed E-state index contributed by atoms with van der Waals surface area (Å²) in [5.74, 6) is 1.00. The Labute approximate surface area is 116 Å². The largest absolute Gasteiger partial charge is 0.492 e. The number of ether oxygens (including phenoxy) is 1. The molecule has 1 aromatic carbocycles. The summed E-state index contributed by atoms with van der Waals surface area (Å²) in [4.78, 5) is 2.54. The van der Waals surface area contributed by atoms with Crippen LogP contribution in [-0.4, -0.2) is 43.7 Å². The van der Waals surface area contributed by atoms with Crippen LogP contribution in [0.15, 0.2) is 18.2 Å². The molecule has 0 bridgehead atoms. The third kappa shape index (κ3) is 4.22. The van der Waals surface area contributed by atoms with Crippen LogP contribution in [0.2, 0.25) is 0 Å². The second kappa shape index (κ2) is 6.92. The lowest BCUT2D eigenvalue weighted by molar-refractivity contribution is 0.122. The summed E-state index contributed by atoms with van der Waals surface area (Å²) in [6.07, 6.45) is 1.21. The van der Waals surface area contributed by atoms with Gasteiger partial charge in [-0.1, -0.05) is 13.0 Å². The molecule has 106 valence electrons. The molecule has 3 nitrogen and oxygen atoms in total. The molecule has 1 aliphatic rings. The zero-order valence-electron chi connectivity index (χ0n) is 12.4. The number of aryl methyl sites for hydroxylation is 2. The highest BCUT2D eigenvalue weighted by Gasteiger charge is 2.23. The van der Waals surface area contributed by atoms with E-state index >= 15 is 0 Å². The molecule has 1 aliphatic heterocycles. The molecule has 0 aliphatic carbocycles. The zero-order chi connectivity index (χ0) is 13.7. The van der Waals surface area contributed by atoms with Crippen LogP contribution in [0.5, 0.6) is 5.75 Å². The summed E-state index contributed by atoms with van der Waals surface area (Å²) in [7, 11) is 0. The summed E-state index contributed by atoms with van der Waals surface area (Å²) in [6, 6.07) is 7.11. The summed E-state index contributed by atoms with van der Waals surface area (Å²) < 4.78 is 5.90. The van der Waals surface area contributed by atoms with Crippen LogP contribution in [0.1, 0.15) is 24.5 Å². The molecule has 0 spiro atoms. The second-order valence-corrected chi connectivity index (χ2v) is 5.52. The smallest absolute Gasteiger partial charge is 0.119 e. The fourth-order valence-corrected chi connectivity index (χ4v) is 2.59. The Morgan fingerprint density at radius 2 is 1.84 bits per heavy atom. The molecule has 2 rings (SSSR count). The molecule has 0 amide bonds. The Morgan fingerprint density at radius 1 is 1.16 bits per heavy atom. The average Bonchev–Trinajstić information content (AvgIpc) is 2.25. The van der Waals surface area contributed by atoms with E-state index in [4.69, 9.17) is 4.74 Å². The first-order chi connectivity index (χ1) is 9.19. The molecular formula is C16H26N2O. The molecule has 1 N–H and O–H groups in total. The molecule has 0 unspecified atom stereocenters. The van der Waals surface area contributed by atoms with E-state index in [9.17, 15) is 0 Å². The minimum atomic E-state index is 0.711. The number of rotatable bonds is 7. The van der Waals surface area contributed by atoms with E-state index in [1.807, 2.05) is 0 Å². The van der Waals surface area contributed by atoms with Crippen molar-refractivity contribution in [3.63, 3.8) is 0 Å². The second-order valence-electron chi connectivity index (χ2n) is 5.52. The number of hydrogen-bond donors (Lipinski definition) is 1. The predicted octanol–water partition coefficient (Wildman–Crippen LogP) is 2.37. The van der Waals surface area contributed by atoms with Gasteiger partial charge in [0.25, 0.3) is 0 Å². The van der Waals surface area contributed by atoms with Gasteiger partial charge in [-0.05, 0) is 50.1 Å². The van der Waals surface area contributed by atoms with Crippen LogP contribution in [0.25, 0.3) is 0 Å². The number of nitrogens with zero attached hydrogens (tertiary/aromatic N) is 1. The zero-order valence-corrected chi connectivity index (χ0v) is 12.4. The Bertz CT molecular complexity index is 381. The van der Waals surface area contributed by atoms with Crippen molar-refractivity contribution in [1.82, 2.24) is 10.2 Å². The van der Waals surface area contributed by atoms with Crippen LogP contribution < -0.4 is 10.1 Å². The molecule has 0 aromatic heterocycles. The summed E-state index contributed by atoms with van der Waals surface area (Å²) in [5.41, 5.74) is 2.53. The van der Waals surface area contributed by atoms with E-state index in [0.717, 1.165) is 32.0 Å². The molecule has 0 radical (unpaired) electrons. The van der Waals surface area contributed by atoms with E-state index in [1.54, 1.807) is 0 Å². The predicted molar refractivity (Wildman–Crippen MR) is 79.9 cm³/mol. The quantitative estimate of drug-likeness (QED) is 0.816. The normalized spacial score (nSPS) is 15.6. The SMILES string of the molecule is CCCN(CCOc1cc(C)cc(C)c1)C1CNC1. The van der Waals surface area contributed by atoms with E-state index in [2.05, 4.69) is 49.2 Å². The van der Waals surface area contributed by atoms with Crippen molar-refractivity contribution in [3.8, 4) is 5.75 Å². The molecule has 0 atom stereocenters. The molecule has 19 heavy (non-hydrogen) atoms. The highest BCUT2D eigenvalue weighted by atomic mass is 16.5. The minimum Gasteiger partial charge on any atom is -0.492 e. The van der Waals surface area contributed by atoms with Gasteiger partial charge in [0.1, 0.15) is 12.4 Å². The van der Waals surface area contributed by atoms with Crippen molar-refractivity contribution in [2.24, 2.45) is 0 Å². The van der Waals surface area contributed by atoms with Crippen LogP contribution >= 0.6 is 0 Å². The van der Waals surface area contributed by atoms with E-state index in [1.165, 1.54) is 24.1 Å².